The molecule has 0 bridgehead atoms. The topological polar surface area (TPSA) is 69.6 Å². The van der Waals surface area contributed by atoms with Crippen LogP contribution in [0.2, 0.25) is 0 Å². The van der Waals surface area contributed by atoms with Gasteiger partial charge in [0.25, 0.3) is 0 Å². The van der Waals surface area contributed by atoms with E-state index in [0.717, 1.165) is 25.7 Å². The van der Waals surface area contributed by atoms with Crippen LogP contribution in [0, 0.1) is 5.92 Å². The van der Waals surface area contributed by atoms with Crippen molar-refractivity contribution in [2.45, 2.75) is 31.7 Å². The van der Waals surface area contributed by atoms with Crippen molar-refractivity contribution < 1.29 is 15.0 Å². The molecule has 2 atom stereocenters. The summed E-state index contributed by atoms with van der Waals surface area (Å²) in [5.41, 5.74) is 0. The lowest BCUT2D eigenvalue weighted by molar-refractivity contribution is 0.140. The molecule has 0 heterocycles. The molecule has 4 nitrogen and oxygen atoms in total. The molecule has 0 spiro atoms. The van der Waals surface area contributed by atoms with Crippen molar-refractivity contribution in [1.29, 1.82) is 0 Å². The molecule has 0 saturated heterocycles. The van der Waals surface area contributed by atoms with Gasteiger partial charge in [0.05, 0.1) is 0 Å². The fourth-order valence-electron chi connectivity index (χ4n) is 1.77. The zero-order valence-electron chi connectivity index (χ0n) is 6.99. The van der Waals surface area contributed by atoms with Crippen molar-refractivity contribution in [3.8, 4) is 0 Å². The largest absolute Gasteiger partial charge is 0.465 e. The van der Waals surface area contributed by atoms with Crippen molar-refractivity contribution in [2.75, 3.05) is 6.61 Å². The Balaban J connectivity index is 2.41. The zero-order chi connectivity index (χ0) is 8.97. The first-order valence-corrected chi connectivity index (χ1v) is 4.34. The van der Waals surface area contributed by atoms with Gasteiger partial charge >= 0.3 is 6.09 Å². The molecule has 1 amide bonds. The lowest BCUT2D eigenvalue weighted by Gasteiger charge is -2.29. The average Bonchev–Trinajstić information content (AvgIpc) is 2.04. The smallest absolute Gasteiger partial charge is 0.404 e. The van der Waals surface area contributed by atoms with Gasteiger partial charge in [-0.15, -0.1) is 0 Å². The van der Waals surface area contributed by atoms with Gasteiger partial charge in [-0.2, -0.15) is 0 Å². The Hall–Kier alpha value is -0.770. The normalized spacial score (nSPS) is 29.8. The van der Waals surface area contributed by atoms with E-state index in [1.165, 1.54) is 0 Å². The Kier molecular flexibility index (Phi) is 3.34. The van der Waals surface area contributed by atoms with Crippen LogP contribution in [0.3, 0.4) is 0 Å². The molecule has 1 aliphatic rings. The van der Waals surface area contributed by atoms with Crippen LogP contribution in [-0.4, -0.2) is 29.0 Å². The number of hydrogen-bond acceptors (Lipinski definition) is 2. The predicted octanol–water partition coefficient (Wildman–Crippen LogP) is 0.805. The molecule has 0 aromatic heterocycles. The molecule has 0 unspecified atom stereocenters. The van der Waals surface area contributed by atoms with Crippen molar-refractivity contribution >= 4 is 6.09 Å². The van der Waals surface area contributed by atoms with E-state index in [4.69, 9.17) is 10.2 Å². The fourth-order valence-corrected chi connectivity index (χ4v) is 1.77. The number of aliphatic hydroxyl groups excluding tert-OH is 1. The summed E-state index contributed by atoms with van der Waals surface area (Å²) in [6.45, 7) is 0.0882. The molecule has 0 aromatic carbocycles. The number of rotatable bonds is 2. The molecular formula is C8H15NO3. The first-order valence-electron chi connectivity index (χ1n) is 4.34. The molecule has 0 aliphatic heterocycles. The number of hydrogen-bond donors (Lipinski definition) is 3. The van der Waals surface area contributed by atoms with Crippen molar-refractivity contribution in [1.82, 2.24) is 5.32 Å². The molecule has 1 saturated carbocycles. The van der Waals surface area contributed by atoms with Gasteiger partial charge in [-0.05, 0) is 12.8 Å². The maximum atomic E-state index is 10.3. The van der Waals surface area contributed by atoms with Crippen LogP contribution >= 0.6 is 0 Å². The Bertz CT molecular complexity index is 160. The molecule has 1 rings (SSSR count). The first kappa shape index (κ1) is 9.32. The highest BCUT2D eigenvalue weighted by atomic mass is 16.4. The minimum atomic E-state index is -0.986. The van der Waals surface area contributed by atoms with Crippen LogP contribution in [-0.2, 0) is 0 Å². The zero-order valence-corrected chi connectivity index (χ0v) is 6.99. The van der Waals surface area contributed by atoms with Crippen LogP contribution in [0.1, 0.15) is 25.7 Å². The van der Waals surface area contributed by atoms with Gasteiger partial charge in [-0.3, -0.25) is 0 Å². The second kappa shape index (κ2) is 4.30. The van der Waals surface area contributed by atoms with E-state index in [1.807, 2.05) is 0 Å². The lowest BCUT2D eigenvalue weighted by atomic mass is 9.85. The third kappa shape index (κ3) is 2.37. The second-order valence-electron chi connectivity index (χ2n) is 3.28. The lowest BCUT2D eigenvalue weighted by Crippen LogP contribution is -2.42. The quantitative estimate of drug-likeness (QED) is 0.578. The van der Waals surface area contributed by atoms with Gasteiger partial charge in [0.15, 0.2) is 0 Å². The SMILES string of the molecule is O=C(O)N[C@@H]1CCCC[C@H]1CO. The first-order chi connectivity index (χ1) is 5.74. The highest BCUT2D eigenvalue weighted by molar-refractivity contribution is 5.64. The number of carboxylic acid groups (broad SMARTS) is 1. The van der Waals surface area contributed by atoms with Crippen LogP contribution in [0.4, 0.5) is 4.79 Å². The number of carbonyl (C=O) groups is 1. The maximum Gasteiger partial charge on any atom is 0.404 e. The van der Waals surface area contributed by atoms with Gasteiger partial charge in [0.2, 0.25) is 0 Å². The number of nitrogens with one attached hydrogen (secondary N) is 1. The minimum Gasteiger partial charge on any atom is -0.465 e. The van der Waals surface area contributed by atoms with Gasteiger partial charge in [-0.25, -0.2) is 4.79 Å². The second-order valence-corrected chi connectivity index (χ2v) is 3.28. The Morgan fingerprint density at radius 3 is 2.67 bits per heavy atom. The van der Waals surface area contributed by atoms with Gasteiger partial charge in [0, 0.05) is 18.6 Å². The Morgan fingerprint density at radius 2 is 2.08 bits per heavy atom. The van der Waals surface area contributed by atoms with Crippen molar-refractivity contribution in [3.05, 3.63) is 0 Å². The molecule has 4 heteroatoms. The standard InChI is InChI=1S/C8H15NO3/c10-5-6-3-1-2-4-7(6)9-8(11)12/h6-7,9-10H,1-5H2,(H,11,12)/t6-,7+/m0/s1. The highest BCUT2D eigenvalue weighted by Gasteiger charge is 2.25. The molecular weight excluding hydrogens is 158 g/mol. The average molecular weight is 173 g/mol. The summed E-state index contributed by atoms with van der Waals surface area (Å²) in [5.74, 6) is 0.120. The van der Waals surface area contributed by atoms with Crippen LogP contribution in [0.5, 0.6) is 0 Å². The number of aliphatic hydroxyl groups is 1. The molecule has 0 aromatic rings. The van der Waals surface area contributed by atoms with E-state index in [2.05, 4.69) is 5.32 Å². The van der Waals surface area contributed by atoms with E-state index < -0.39 is 6.09 Å². The number of amides is 1. The molecule has 3 N–H and O–H groups in total. The monoisotopic (exact) mass is 173 g/mol. The van der Waals surface area contributed by atoms with E-state index in [1.54, 1.807) is 0 Å². The third-order valence-electron chi connectivity index (χ3n) is 2.45. The summed E-state index contributed by atoms with van der Waals surface area (Å²) in [5, 5.41) is 19.9. The molecule has 0 radical (unpaired) electrons. The summed E-state index contributed by atoms with van der Waals surface area (Å²) in [6.07, 6.45) is 2.96. The van der Waals surface area contributed by atoms with Gasteiger partial charge < -0.3 is 15.5 Å². The van der Waals surface area contributed by atoms with Crippen LogP contribution in [0.25, 0.3) is 0 Å². The molecule has 1 aliphatic carbocycles. The summed E-state index contributed by atoms with van der Waals surface area (Å²) < 4.78 is 0. The van der Waals surface area contributed by atoms with Crippen molar-refractivity contribution in [2.24, 2.45) is 5.92 Å². The van der Waals surface area contributed by atoms with E-state index >= 15 is 0 Å². The summed E-state index contributed by atoms with van der Waals surface area (Å²) >= 11 is 0. The highest BCUT2D eigenvalue weighted by Crippen LogP contribution is 2.23. The van der Waals surface area contributed by atoms with E-state index in [9.17, 15) is 4.79 Å². The molecule has 12 heavy (non-hydrogen) atoms. The van der Waals surface area contributed by atoms with Crippen LogP contribution < -0.4 is 5.32 Å². The summed E-state index contributed by atoms with van der Waals surface area (Å²) in [7, 11) is 0. The van der Waals surface area contributed by atoms with Crippen LogP contribution in [0.15, 0.2) is 0 Å². The third-order valence-corrected chi connectivity index (χ3v) is 2.45. The van der Waals surface area contributed by atoms with Crippen molar-refractivity contribution in [3.63, 3.8) is 0 Å². The minimum absolute atomic E-state index is 0.0405. The summed E-state index contributed by atoms with van der Waals surface area (Å²) in [6, 6.07) is -0.0405. The maximum absolute atomic E-state index is 10.3. The van der Waals surface area contributed by atoms with Gasteiger partial charge in [0.1, 0.15) is 0 Å². The molecule has 70 valence electrons. The Labute approximate surface area is 71.6 Å². The van der Waals surface area contributed by atoms with E-state index in [0.29, 0.717) is 0 Å². The summed E-state index contributed by atoms with van der Waals surface area (Å²) in [4.78, 5) is 10.3. The Morgan fingerprint density at radius 1 is 1.42 bits per heavy atom. The van der Waals surface area contributed by atoms with Gasteiger partial charge in [-0.1, -0.05) is 12.8 Å². The fraction of sp³-hybridized carbons (Fsp3) is 0.875. The predicted molar refractivity (Wildman–Crippen MR) is 44.0 cm³/mol. The van der Waals surface area contributed by atoms with E-state index in [-0.39, 0.29) is 18.6 Å². The molecule has 1 fully saturated rings.